The van der Waals surface area contributed by atoms with Gasteiger partial charge in [-0.15, -0.1) is 0 Å². The summed E-state index contributed by atoms with van der Waals surface area (Å²) in [4.78, 5) is 0. The number of fused-ring (bicyclic) bond motifs is 9. The Morgan fingerprint density at radius 1 is 0.527 bits per heavy atom. The minimum atomic E-state index is -0.446. The van der Waals surface area contributed by atoms with Crippen molar-refractivity contribution in [3.8, 4) is 16.8 Å². The number of nitrogens with zero attached hydrogens (tertiary/aromatic N) is 2. The summed E-state index contributed by atoms with van der Waals surface area (Å²) in [7, 11) is 0. The lowest BCUT2D eigenvalue weighted by Crippen LogP contribution is -2.49. The van der Waals surface area contributed by atoms with Gasteiger partial charge in [-0.2, -0.15) is 0 Å². The molecule has 11 rings (SSSR count). The van der Waals surface area contributed by atoms with E-state index in [2.05, 4.69) is 210 Å². The molecular weight excluding hydrogens is 667 g/mol. The van der Waals surface area contributed by atoms with Crippen LogP contribution in [0.2, 0.25) is 0 Å². The summed E-state index contributed by atoms with van der Waals surface area (Å²) in [6.45, 7) is 4.77. The van der Waals surface area contributed by atoms with E-state index < -0.39 is 5.66 Å². The van der Waals surface area contributed by atoms with Gasteiger partial charge in [-0.1, -0.05) is 134 Å². The van der Waals surface area contributed by atoms with Crippen molar-refractivity contribution in [2.24, 2.45) is 0 Å². The van der Waals surface area contributed by atoms with E-state index in [1.165, 1.54) is 88.0 Å². The van der Waals surface area contributed by atoms with Crippen molar-refractivity contribution in [3.05, 3.63) is 193 Å². The average Bonchev–Trinajstić information content (AvgIpc) is 3.76. The van der Waals surface area contributed by atoms with Crippen LogP contribution in [-0.4, -0.2) is 9.13 Å². The van der Waals surface area contributed by atoms with Gasteiger partial charge >= 0.3 is 0 Å². The van der Waals surface area contributed by atoms with E-state index in [-0.39, 0.29) is 5.92 Å². The molecule has 1 aliphatic heterocycles. The van der Waals surface area contributed by atoms with Crippen molar-refractivity contribution in [1.82, 2.24) is 9.13 Å². The number of benzene rings is 8. The number of hydrogen-bond acceptors (Lipinski definition) is 1. The molecule has 3 heteroatoms. The molecular formula is C52H41N3. The van der Waals surface area contributed by atoms with E-state index in [0.717, 1.165) is 6.42 Å². The predicted molar refractivity (Wildman–Crippen MR) is 233 cm³/mol. The molecule has 1 aliphatic rings. The zero-order chi connectivity index (χ0) is 36.7. The number of rotatable bonds is 5. The van der Waals surface area contributed by atoms with Crippen molar-refractivity contribution in [2.75, 3.05) is 5.32 Å². The molecule has 55 heavy (non-hydrogen) atoms. The first-order valence-electron chi connectivity index (χ1n) is 19.6. The summed E-state index contributed by atoms with van der Waals surface area (Å²) < 4.78 is 5.03. The molecule has 8 aromatic carbocycles. The van der Waals surface area contributed by atoms with Gasteiger partial charge in [0.25, 0.3) is 0 Å². The normalized spacial score (nSPS) is 18.3. The fourth-order valence-electron chi connectivity index (χ4n) is 10.2. The monoisotopic (exact) mass is 707 g/mol. The first-order valence-corrected chi connectivity index (χ1v) is 19.6. The quantitative estimate of drug-likeness (QED) is 0.189. The zero-order valence-electron chi connectivity index (χ0n) is 31.1. The second-order valence-electron chi connectivity index (χ2n) is 15.4. The molecule has 264 valence electrons. The third-order valence-corrected chi connectivity index (χ3v) is 12.5. The van der Waals surface area contributed by atoms with Crippen molar-refractivity contribution in [1.29, 1.82) is 0 Å². The van der Waals surface area contributed by atoms with Crippen LogP contribution in [0.4, 0.5) is 5.69 Å². The highest BCUT2D eigenvalue weighted by molar-refractivity contribution is 6.22. The van der Waals surface area contributed by atoms with E-state index in [0.29, 0.717) is 5.92 Å². The van der Waals surface area contributed by atoms with Gasteiger partial charge in [-0.05, 0) is 107 Å². The summed E-state index contributed by atoms with van der Waals surface area (Å²) in [6, 6.07) is 67.3. The fourth-order valence-corrected chi connectivity index (χ4v) is 10.2. The molecule has 10 aromatic rings. The lowest BCUT2D eigenvalue weighted by atomic mass is 9.69. The zero-order valence-corrected chi connectivity index (χ0v) is 31.1. The number of para-hydroxylation sites is 3. The van der Waals surface area contributed by atoms with Crippen LogP contribution in [0.3, 0.4) is 0 Å². The standard InChI is InChI=1S/C52H41N3/c1-3-39-41-22-12-14-24-45(41)53-52(2,51(39)35-17-6-4-7-18-35)55-47-25-15-13-23-42(47)43-32-36(28-30-48(43)55)37-27-29-46-44(33-37)50-40-21-11-10-16-34(40)26-31-49(50)54(46)38-19-8-5-9-20-38/h4-33,39,51,53H,3H2,1-2H3/t39-,51?,52?/m1/s1. The van der Waals surface area contributed by atoms with Gasteiger partial charge in [0.2, 0.25) is 0 Å². The summed E-state index contributed by atoms with van der Waals surface area (Å²) >= 11 is 0. The lowest BCUT2D eigenvalue weighted by molar-refractivity contribution is 0.259. The molecule has 0 radical (unpaired) electrons. The van der Waals surface area contributed by atoms with Crippen LogP contribution in [0.15, 0.2) is 182 Å². The van der Waals surface area contributed by atoms with Gasteiger partial charge in [-0.25, -0.2) is 0 Å². The molecule has 0 spiro atoms. The van der Waals surface area contributed by atoms with Crippen molar-refractivity contribution in [2.45, 2.75) is 37.8 Å². The molecule has 3 atom stereocenters. The highest BCUT2D eigenvalue weighted by Crippen LogP contribution is 2.54. The van der Waals surface area contributed by atoms with Gasteiger partial charge in [0.1, 0.15) is 5.66 Å². The smallest absolute Gasteiger partial charge is 0.120 e. The van der Waals surface area contributed by atoms with Crippen LogP contribution >= 0.6 is 0 Å². The molecule has 0 bridgehead atoms. The molecule has 2 unspecified atom stereocenters. The largest absolute Gasteiger partial charge is 0.362 e. The predicted octanol–water partition coefficient (Wildman–Crippen LogP) is 13.8. The maximum atomic E-state index is 4.15. The molecule has 0 saturated carbocycles. The minimum Gasteiger partial charge on any atom is -0.362 e. The minimum absolute atomic E-state index is 0.200. The number of anilines is 1. The van der Waals surface area contributed by atoms with Crippen molar-refractivity contribution >= 4 is 60.1 Å². The Balaban J connectivity index is 1.14. The number of aromatic nitrogens is 2. The summed E-state index contributed by atoms with van der Waals surface area (Å²) in [5.74, 6) is 0.549. The van der Waals surface area contributed by atoms with Crippen LogP contribution < -0.4 is 5.32 Å². The van der Waals surface area contributed by atoms with Crippen LogP contribution in [0.5, 0.6) is 0 Å². The Morgan fingerprint density at radius 2 is 1.15 bits per heavy atom. The van der Waals surface area contributed by atoms with Crippen LogP contribution in [0.1, 0.15) is 43.2 Å². The Bertz CT molecular complexity index is 3080. The summed E-state index contributed by atoms with van der Waals surface area (Å²) in [6.07, 6.45) is 1.05. The first-order chi connectivity index (χ1) is 27.1. The van der Waals surface area contributed by atoms with E-state index in [9.17, 15) is 0 Å². The Labute approximate surface area is 321 Å². The SMILES string of the molecule is CC[C@@H]1c2ccccc2NC(C)(n2c3ccccc3c3cc(-c4ccc5c(c4)c4c6ccccc6ccc4n5-c4ccccc4)ccc32)C1c1ccccc1. The van der Waals surface area contributed by atoms with E-state index in [4.69, 9.17) is 0 Å². The molecule has 3 nitrogen and oxygen atoms in total. The second-order valence-corrected chi connectivity index (χ2v) is 15.4. The van der Waals surface area contributed by atoms with Gasteiger partial charge in [0.05, 0.1) is 22.1 Å². The van der Waals surface area contributed by atoms with E-state index in [1.807, 2.05) is 0 Å². The molecule has 2 aromatic heterocycles. The Hall–Kier alpha value is -6.58. The summed E-state index contributed by atoms with van der Waals surface area (Å²) in [5.41, 5.74) is 12.1. The highest BCUT2D eigenvalue weighted by Gasteiger charge is 2.47. The molecule has 0 aliphatic carbocycles. The Kier molecular flexibility index (Phi) is 7.09. The maximum Gasteiger partial charge on any atom is 0.120 e. The fraction of sp³-hybridized carbons (Fsp3) is 0.115. The maximum absolute atomic E-state index is 4.15. The topological polar surface area (TPSA) is 21.9 Å². The van der Waals surface area contributed by atoms with Crippen molar-refractivity contribution in [3.63, 3.8) is 0 Å². The lowest BCUT2D eigenvalue weighted by Gasteiger charge is -2.50. The second kappa shape index (κ2) is 12.2. The van der Waals surface area contributed by atoms with Crippen LogP contribution in [-0.2, 0) is 5.66 Å². The first kappa shape index (κ1) is 31.9. The van der Waals surface area contributed by atoms with Gasteiger partial charge in [0, 0.05) is 38.8 Å². The third kappa shape index (κ3) is 4.69. The summed E-state index contributed by atoms with van der Waals surface area (Å²) in [5, 5.41) is 11.8. The van der Waals surface area contributed by atoms with Gasteiger partial charge in [-0.3, -0.25) is 0 Å². The van der Waals surface area contributed by atoms with Crippen LogP contribution in [0.25, 0.3) is 71.2 Å². The molecule has 0 saturated heterocycles. The Morgan fingerprint density at radius 3 is 1.95 bits per heavy atom. The van der Waals surface area contributed by atoms with Crippen molar-refractivity contribution < 1.29 is 0 Å². The molecule has 3 heterocycles. The number of nitrogens with one attached hydrogen (secondary N) is 1. The van der Waals surface area contributed by atoms with Crippen LogP contribution in [0, 0.1) is 0 Å². The van der Waals surface area contributed by atoms with E-state index in [1.54, 1.807) is 0 Å². The van der Waals surface area contributed by atoms with Gasteiger partial charge < -0.3 is 14.5 Å². The van der Waals surface area contributed by atoms with E-state index >= 15 is 0 Å². The van der Waals surface area contributed by atoms with Gasteiger partial charge in [0.15, 0.2) is 0 Å². The number of hydrogen-bond donors (Lipinski definition) is 1. The molecule has 0 fully saturated rings. The average molecular weight is 708 g/mol. The molecule has 1 N–H and O–H groups in total. The molecule has 0 amide bonds. The third-order valence-electron chi connectivity index (χ3n) is 12.5. The highest BCUT2D eigenvalue weighted by atomic mass is 15.3.